The zero-order valence-corrected chi connectivity index (χ0v) is 13.3. The lowest BCUT2D eigenvalue weighted by Crippen LogP contribution is -2.38. The van der Waals surface area contributed by atoms with Crippen LogP contribution < -0.4 is 16.0 Å². The Bertz CT molecular complexity index is 456. The molecule has 0 atom stereocenters. The summed E-state index contributed by atoms with van der Waals surface area (Å²) in [7, 11) is 0. The fourth-order valence-corrected chi connectivity index (χ4v) is 2.99. The van der Waals surface area contributed by atoms with Crippen molar-refractivity contribution in [3.05, 3.63) is 21.8 Å². The number of anilines is 2. The van der Waals surface area contributed by atoms with Gasteiger partial charge in [-0.15, -0.1) is 0 Å². The van der Waals surface area contributed by atoms with Gasteiger partial charge in [-0.3, -0.25) is 4.79 Å². The number of rotatable bonds is 3. The zero-order chi connectivity index (χ0) is 13.8. The van der Waals surface area contributed by atoms with Crippen molar-refractivity contribution >= 4 is 39.9 Å². The minimum Gasteiger partial charge on any atom is -0.397 e. The molecule has 0 radical (unpaired) electrons. The van der Waals surface area contributed by atoms with Gasteiger partial charge >= 0.3 is 0 Å². The Morgan fingerprint density at radius 3 is 2.74 bits per heavy atom. The first-order valence-electron chi connectivity index (χ1n) is 6.60. The number of piperidine rings is 1. The van der Waals surface area contributed by atoms with Gasteiger partial charge in [-0.2, -0.15) is 0 Å². The summed E-state index contributed by atoms with van der Waals surface area (Å²) in [6.07, 6.45) is 2.21. The van der Waals surface area contributed by atoms with Crippen molar-refractivity contribution in [1.29, 1.82) is 0 Å². The van der Waals surface area contributed by atoms with Crippen LogP contribution in [-0.2, 0) is 4.79 Å². The van der Waals surface area contributed by atoms with Crippen LogP contribution in [0.1, 0.15) is 19.8 Å². The van der Waals surface area contributed by atoms with Gasteiger partial charge in [0.1, 0.15) is 0 Å². The topological polar surface area (TPSA) is 58.4 Å². The molecule has 0 spiro atoms. The van der Waals surface area contributed by atoms with E-state index in [0.717, 1.165) is 43.9 Å². The molecule has 1 aromatic rings. The first-order chi connectivity index (χ1) is 9.06. The SMILES string of the molecule is CC(=O)NCC1CCN(c2ccc(I)cc2N)CC1. The second kappa shape index (κ2) is 6.45. The minimum atomic E-state index is 0.0595. The van der Waals surface area contributed by atoms with E-state index in [1.807, 2.05) is 6.07 Å². The summed E-state index contributed by atoms with van der Waals surface area (Å²) in [4.78, 5) is 13.3. The van der Waals surface area contributed by atoms with Gasteiger partial charge in [0.2, 0.25) is 5.91 Å². The van der Waals surface area contributed by atoms with Crippen molar-refractivity contribution in [2.75, 3.05) is 30.3 Å². The van der Waals surface area contributed by atoms with Crippen molar-refractivity contribution < 1.29 is 4.79 Å². The number of nitrogen functional groups attached to an aromatic ring is 1. The highest BCUT2D eigenvalue weighted by Crippen LogP contribution is 2.29. The normalized spacial score (nSPS) is 16.4. The van der Waals surface area contributed by atoms with Crippen LogP contribution in [0.2, 0.25) is 0 Å². The minimum absolute atomic E-state index is 0.0595. The summed E-state index contributed by atoms with van der Waals surface area (Å²) in [5.41, 5.74) is 8.07. The third-order valence-electron chi connectivity index (χ3n) is 3.58. The number of hydrogen-bond donors (Lipinski definition) is 2. The van der Waals surface area contributed by atoms with Gasteiger partial charge in [0.05, 0.1) is 11.4 Å². The molecule has 0 bridgehead atoms. The van der Waals surface area contributed by atoms with Crippen molar-refractivity contribution in [3.63, 3.8) is 0 Å². The van der Waals surface area contributed by atoms with Crippen LogP contribution in [0.3, 0.4) is 0 Å². The smallest absolute Gasteiger partial charge is 0.216 e. The number of carbonyl (C=O) groups is 1. The average Bonchev–Trinajstić information content (AvgIpc) is 2.37. The van der Waals surface area contributed by atoms with E-state index in [4.69, 9.17) is 5.73 Å². The molecule has 2 rings (SSSR count). The molecular weight excluding hydrogens is 353 g/mol. The highest BCUT2D eigenvalue weighted by atomic mass is 127. The molecule has 1 aliphatic rings. The molecule has 0 aliphatic carbocycles. The summed E-state index contributed by atoms with van der Waals surface area (Å²) >= 11 is 2.27. The molecule has 1 saturated heterocycles. The van der Waals surface area contributed by atoms with Gasteiger partial charge in [0.15, 0.2) is 0 Å². The molecule has 5 heteroatoms. The largest absolute Gasteiger partial charge is 0.397 e. The Hall–Kier alpha value is -0.980. The summed E-state index contributed by atoms with van der Waals surface area (Å²) in [5.74, 6) is 0.648. The zero-order valence-electron chi connectivity index (χ0n) is 11.2. The molecule has 0 unspecified atom stereocenters. The number of nitrogens with one attached hydrogen (secondary N) is 1. The van der Waals surface area contributed by atoms with E-state index in [9.17, 15) is 4.79 Å². The van der Waals surface area contributed by atoms with Crippen LogP contribution in [0.25, 0.3) is 0 Å². The Morgan fingerprint density at radius 1 is 1.47 bits per heavy atom. The molecule has 0 saturated carbocycles. The standard InChI is InChI=1S/C14H20IN3O/c1-10(19)17-9-11-4-6-18(7-5-11)14-3-2-12(15)8-13(14)16/h2-3,8,11H,4-7,9,16H2,1H3,(H,17,19). The third kappa shape index (κ3) is 3.99. The molecule has 1 fully saturated rings. The number of nitrogens with zero attached hydrogens (tertiary/aromatic N) is 1. The van der Waals surface area contributed by atoms with Crippen molar-refractivity contribution in [1.82, 2.24) is 5.32 Å². The molecule has 1 amide bonds. The highest BCUT2D eigenvalue weighted by molar-refractivity contribution is 14.1. The lowest BCUT2D eigenvalue weighted by atomic mass is 9.96. The lowest BCUT2D eigenvalue weighted by Gasteiger charge is -2.34. The lowest BCUT2D eigenvalue weighted by molar-refractivity contribution is -0.119. The summed E-state index contributed by atoms with van der Waals surface area (Å²) in [6, 6.07) is 6.21. The second-order valence-electron chi connectivity index (χ2n) is 5.07. The molecule has 3 N–H and O–H groups in total. The van der Waals surface area contributed by atoms with Crippen LogP contribution in [-0.4, -0.2) is 25.5 Å². The Balaban J connectivity index is 1.90. The number of hydrogen-bond acceptors (Lipinski definition) is 3. The van der Waals surface area contributed by atoms with E-state index >= 15 is 0 Å². The second-order valence-corrected chi connectivity index (χ2v) is 6.32. The van der Waals surface area contributed by atoms with E-state index in [1.54, 1.807) is 6.92 Å². The number of nitrogens with two attached hydrogens (primary N) is 1. The van der Waals surface area contributed by atoms with Crippen molar-refractivity contribution in [3.8, 4) is 0 Å². The van der Waals surface area contributed by atoms with Crippen LogP contribution in [0.15, 0.2) is 18.2 Å². The Kier molecular flexibility index (Phi) is 4.90. The molecule has 1 aliphatic heterocycles. The predicted molar refractivity (Wildman–Crippen MR) is 87.2 cm³/mol. The maximum Gasteiger partial charge on any atom is 0.216 e. The number of amides is 1. The van der Waals surface area contributed by atoms with E-state index < -0.39 is 0 Å². The predicted octanol–water partition coefficient (Wildman–Crippen LogP) is 2.23. The van der Waals surface area contributed by atoms with Gasteiger partial charge in [-0.25, -0.2) is 0 Å². The summed E-state index contributed by atoms with van der Waals surface area (Å²) in [5, 5.41) is 2.91. The summed E-state index contributed by atoms with van der Waals surface area (Å²) < 4.78 is 1.17. The first kappa shape index (κ1) is 14.4. The number of benzene rings is 1. The Labute approximate surface area is 127 Å². The van der Waals surface area contributed by atoms with Crippen molar-refractivity contribution in [2.24, 2.45) is 5.92 Å². The summed E-state index contributed by atoms with van der Waals surface area (Å²) in [6.45, 7) is 4.39. The van der Waals surface area contributed by atoms with Gasteiger partial charge in [0.25, 0.3) is 0 Å². The molecular formula is C14H20IN3O. The monoisotopic (exact) mass is 373 g/mol. The van der Waals surface area contributed by atoms with Crippen LogP contribution in [0.4, 0.5) is 11.4 Å². The fraction of sp³-hybridized carbons (Fsp3) is 0.500. The molecule has 1 heterocycles. The van der Waals surface area contributed by atoms with E-state index in [2.05, 4.69) is 44.9 Å². The highest BCUT2D eigenvalue weighted by Gasteiger charge is 2.20. The van der Waals surface area contributed by atoms with Crippen LogP contribution in [0, 0.1) is 9.49 Å². The quantitative estimate of drug-likeness (QED) is 0.631. The molecule has 4 nitrogen and oxygen atoms in total. The molecule has 1 aromatic carbocycles. The number of carbonyl (C=O) groups excluding carboxylic acids is 1. The van der Waals surface area contributed by atoms with Gasteiger partial charge in [-0.05, 0) is 59.5 Å². The molecule has 104 valence electrons. The first-order valence-corrected chi connectivity index (χ1v) is 7.68. The molecule has 0 aromatic heterocycles. The number of halogens is 1. The van der Waals surface area contributed by atoms with Gasteiger partial charge in [0, 0.05) is 30.1 Å². The van der Waals surface area contributed by atoms with E-state index in [-0.39, 0.29) is 5.91 Å². The Morgan fingerprint density at radius 2 is 2.16 bits per heavy atom. The van der Waals surface area contributed by atoms with E-state index in [1.165, 1.54) is 3.57 Å². The average molecular weight is 373 g/mol. The fourth-order valence-electron chi connectivity index (χ4n) is 2.48. The van der Waals surface area contributed by atoms with Crippen molar-refractivity contribution in [2.45, 2.75) is 19.8 Å². The van der Waals surface area contributed by atoms with Gasteiger partial charge in [-0.1, -0.05) is 0 Å². The van der Waals surface area contributed by atoms with Crippen LogP contribution in [0.5, 0.6) is 0 Å². The maximum atomic E-state index is 10.9. The molecule has 19 heavy (non-hydrogen) atoms. The third-order valence-corrected chi connectivity index (χ3v) is 4.26. The maximum absolute atomic E-state index is 10.9. The van der Waals surface area contributed by atoms with Gasteiger partial charge < -0.3 is 16.0 Å². The van der Waals surface area contributed by atoms with Crippen LogP contribution >= 0.6 is 22.6 Å². The van der Waals surface area contributed by atoms with E-state index in [0.29, 0.717) is 5.92 Å².